The minimum absolute atomic E-state index is 0.225. The number of benzene rings is 2. The molecule has 8 nitrogen and oxygen atoms in total. The van der Waals surface area contributed by atoms with Crippen LogP contribution in [0.15, 0.2) is 48.5 Å². The summed E-state index contributed by atoms with van der Waals surface area (Å²) in [5, 5.41) is 4.09. The Hall–Kier alpha value is -4.08. The smallest absolute Gasteiger partial charge is 0.341 e. The number of thiophene rings is 1. The Morgan fingerprint density at radius 3 is 2.55 bits per heavy atom. The zero-order valence-corrected chi connectivity index (χ0v) is 26.2. The normalized spacial score (nSPS) is 14.7. The largest absolute Gasteiger partial charge is 0.462 e. The van der Waals surface area contributed by atoms with Crippen molar-refractivity contribution in [1.29, 1.82) is 0 Å². The maximum atomic E-state index is 14.0. The topological polar surface area (TPSA) is 97.8 Å². The number of esters is 2. The van der Waals surface area contributed by atoms with Crippen LogP contribution in [0.1, 0.15) is 76.7 Å². The number of amides is 1. The number of ether oxygens (including phenoxy) is 2. The van der Waals surface area contributed by atoms with Crippen LogP contribution in [-0.2, 0) is 40.1 Å². The molecular weight excluding hydrogens is 574 g/mol. The number of pyridine rings is 1. The Morgan fingerprint density at radius 2 is 1.75 bits per heavy atom. The van der Waals surface area contributed by atoms with Crippen LogP contribution in [0.4, 0.5) is 5.00 Å². The molecule has 4 aromatic rings. The third kappa shape index (κ3) is 5.62. The van der Waals surface area contributed by atoms with Crippen molar-refractivity contribution in [3.8, 4) is 10.4 Å². The lowest BCUT2D eigenvalue weighted by molar-refractivity contribution is -0.124. The minimum Gasteiger partial charge on any atom is -0.462 e. The maximum absolute atomic E-state index is 14.0. The average molecular weight is 612 g/mol. The zero-order chi connectivity index (χ0) is 30.8. The molecule has 2 aromatic carbocycles. The van der Waals surface area contributed by atoms with Crippen LogP contribution in [0.5, 0.6) is 0 Å². The van der Waals surface area contributed by atoms with Gasteiger partial charge in [0.15, 0.2) is 6.10 Å². The molecule has 2 aliphatic rings. The minimum atomic E-state index is -1.05. The van der Waals surface area contributed by atoms with Gasteiger partial charge in [-0.2, -0.15) is 0 Å². The zero-order valence-electron chi connectivity index (χ0n) is 25.4. The molecule has 9 heteroatoms. The maximum Gasteiger partial charge on any atom is 0.341 e. The van der Waals surface area contributed by atoms with Gasteiger partial charge < -0.3 is 14.8 Å². The van der Waals surface area contributed by atoms with Crippen LogP contribution < -0.4 is 5.32 Å². The molecular formula is C35H37N3O5S. The van der Waals surface area contributed by atoms with E-state index in [4.69, 9.17) is 14.5 Å². The van der Waals surface area contributed by atoms with E-state index in [0.29, 0.717) is 29.1 Å². The number of fused-ring (bicyclic) bond motifs is 5. The van der Waals surface area contributed by atoms with Crippen molar-refractivity contribution in [2.45, 2.75) is 65.5 Å². The van der Waals surface area contributed by atoms with E-state index in [-0.39, 0.29) is 13.0 Å². The monoisotopic (exact) mass is 611 g/mol. The third-order valence-corrected chi connectivity index (χ3v) is 9.59. The number of carbonyl (C=O) groups is 3. The Labute approximate surface area is 261 Å². The Morgan fingerprint density at radius 1 is 0.955 bits per heavy atom. The average Bonchev–Trinajstić information content (AvgIpc) is 3.41. The van der Waals surface area contributed by atoms with Crippen molar-refractivity contribution in [3.05, 3.63) is 82.0 Å². The SMILES string of the molecule is CCCN1CCc2nc3ccccc3c(C(=O)OC(CC)C(=O)Nc3sc4c(c3C(=O)OCC)CCc3ccccc3-4)c2C1. The first-order chi connectivity index (χ1) is 21.4. The molecule has 1 aliphatic carbocycles. The Kier molecular flexibility index (Phi) is 8.77. The van der Waals surface area contributed by atoms with Gasteiger partial charge >= 0.3 is 11.9 Å². The van der Waals surface area contributed by atoms with Crippen LogP contribution in [0.2, 0.25) is 0 Å². The highest BCUT2D eigenvalue weighted by Gasteiger charge is 2.33. The van der Waals surface area contributed by atoms with E-state index < -0.39 is 23.9 Å². The van der Waals surface area contributed by atoms with Crippen LogP contribution in [0.3, 0.4) is 0 Å². The molecule has 1 N–H and O–H groups in total. The van der Waals surface area contributed by atoms with Gasteiger partial charge in [-0.05, 0) is 61.9 Å². The molecule has 1 unspecified atom stereocenters. The lowest BCUT2D eigenvalue weighted by Crippen LogP contribution is -2.35. The fourth-order valence-corrected chi connectivity index (χ4v) is 7.64. The second-order valence-electron chi connectivity index (χ2n) is 11.2. The van der Waals surface area contributed by atoms with E-state index in [0.717, 1.165) is 70.5 Å². The van der Waals surface area contributed by atoms with Gasteiger partial charge in [0.25, 0.3) is 5.91 Å². The quantitative estimate of drug-likeness (QED) is 0.214. The van der Waals surface area contributed by atoms with E-state index in [9.17, 15) is 14.4 Å². The summed E-state index contributed by atoms with van der Waals surface area (Å²) in [4.78, 5) is 49.0. The van der Waals surface area contributed by atoms with Gasteiger partial charge in [-0.25, -0.2) is 9.59 Å². The number of aryl methyl sites for hydroxylation is 1. The standard InChI is InChI=1S/C35H37N3O5S/c1-4-18-38-19-17-27-25(20-38)29(23-13-9-10-14-26(23)36-27)35(41)43-28(5-2)32(39)37-33-30(34(40)42-6-3)24-16-15-21-11-7-8-12-22(21)31(24)44-33/h7-14,28H,4-6,15-20H2,1-3H3,(H,37,39). The van der Waals surface area contributed by atoms with Crippen LogP contribution in [-0.4, -0.2) is 53.5 Å². The number of rotatable bonds is 9. The third-order valence-electron chi connectivity index (χ3n) is 8.41. The van der Waals surface area contributed by atoms with E-state index in [2.05, 4.69) is 23.2 Å². The number of nitrogens with one attached hydrogen (secondary N) is 1. The second kappa shape index (κ2) is 12.9. The van der Waals surface area contributed by atoms with Gasteiger partial charge in [-0.15, -0.1) is 11.3 Å². The van der Waals surface area contributed by atoms with Gasteiger partial charge in [0.05, 0.1) is 23.3 Å². The predicted octanol–water partition coefficient (Wildman–Crippen LogP) is 6.58. The Bertz CT molecular complexity index is 1750. The van der Waals surface area contributed by atoms with Crippen LogP contribution in [0, 0.1) is 0 Å². The number of hydrogen-bond acceptors (Lipinski definition) is 8. The molecule has 0 fully saturated rings. The van der Waals surface area contributed by atoms with Gasteiger partial charge in [0.2, 0.25) is 0 Å². The first-order valence-corrected chi connectivity index (χ1v) is 16.3. The van der Waals surface area contributed by atoms with Crippen LogP contribution >= 0.6 is 11.3 Å². The number of anilines is 1. The summed E-state index contributed by atoms with van der Waals surface area (Å²) in [5.74, 6) is -1.47. The summed E-state index contributed by atoms with van der Waals surface area (Å²) in [5.41, 5.74) is 6.55. The Balaban J connectivity index is 1.31. The summed E-state index contributed by atoms with van der Waals surface area (Å²) in [6, 6.07) is 15.7. The predicted molar refractivity (Wildman–Crippen MR) is 172 cm³/mol. The van der Waals surface area contributed by atoms with E-state index in [1.54, 1.807) is 6.92 Å². The first-order valence-electron chi connectivity index (χ1n) is 15.5. The second-order valence-corrected chi connectivity index (χ2v) is 12.3. The van der Waals surface area contributed by atoms with Gasteiger partial charge in [0.1, 0.15) is 5.00 Å². The first kappa shape index (κ1) is 30.0. The highest BCUT2D eigenvalue weighted by Crippen LogP contribution is 2.45. The number of aromatic nitrogens is 1. The highest BCUT2D eigenvalue weighted by atomic mass is 32.1. The summed E-state index contributed by atoms with van der Waals surface area (Å²) in [7, 11) is 0. The molecule has 1 aliphatic heterocycles. The molecule has 228 valence electrons. The van der Waals surface area contributed by atoms with E-state index >= 15 is 0 Å². The lowest BCUT2D eigenvalue weighted by atomic mass is 9.89. The van der Waals surface area contributed by atoms with Gasteiger partial charge in [-0.1, -0.05) is 56.3 Å². The number of hydrogen-bond donors (Lipinski definition) is 1. The molecule has 44 heavy (non-hydrogen) atoms. The fourth-order valence-electron chi connectivity index (χ4n) is 6.34. The van der Waals surface area contributed by atoms with Crippen molar-refractivity contribution >= 4 is 45.1 Å². The molecule has 1 amide bonds. The van der Waals surface area contributed by atoms with Crippen molar-refractivity contribution in [3.63, 3.8) is 0 Å². The summed E-state index contributed by atoms with van der Waals surface area (Å²) in [6.45, 7) is 8.37. The number of carbonyl (C=O) groups excluding carboxylic acids is 3. The number of nitrogens with zero attached hydrogens (tertiary/aromatic N) is 2. The van der Waals surface area contributed by atoms with E-state index in [1.807, 2.05) is 49.4 Å². The lowest BCUT2D eigenvalue weighted by Gasteiger charge is -2.30. The van der Waals surface area contributed by atoms with Crippen molar-refractivity contribution < 1.29 is 23.9 Å². The molecule has 2 aromatic heterocycles. The fraction of sp³-hybridized carbons (Fsp3) is 0.371. The van der Waals surface area contributed by atoms with Crippen molar-refractivity contribution in [2.75, 3.05) is 25.0 Å². The molecule has 0 spiro atoms. The van der Waals surface area contributed by atoms with Crippen molar-refractivity contribution in [2.24, 2.45) is 0 Å². The molecule has 0 bridgehead atoms. The van der Waals surface area contributed by atoms with E-state index in [1.165, 1.54) is 16.9 Å². The van der Waals surface area contributed by atoms with Crippen LogP contribution in [0.25, 0.3) is 21.3 Å². The van der Waals surface area contributed by atoms with Crippen molar-refractivity contribution in [1.82, 2.24) is 9.88 Å². The summed E-state index contributed by atoms with van der Waals surface area (Å²) >= 11 is 1.37. The van der Waals surface area contributed by atoms with Gasteiger partial charge in [0, 0.05) is 41.0 Å². The summed E-state index contributed by atoms with van der Waals surface area (Å²) < 4.78 is 11.4. The highest BCUT2D eigenvalue weighted by molar-refractivity contribution is 7.20. The molecule has 0 saturated carbocycles. The summed E-state index contributed by atoms with van der Waals surface area (Å²) in [6.07, 6.45) is 2.46. The molecule has 0 radical (unpaired) electrons. The molecule has 0 saturated heterocycles. The molecule has 1 atom stereocenters. The van der Waals surface area contributed by atoms with Gasteiger partial charge in [-0.3, -0.25) is 14.7 Å². The molecule has 3 heterocycles. The number of para-hydroxylation sites is 1. The molecule has 6 rings (SSSR count).